The van der Waals surface area contributed by atoms with E-state index in [4.69, 9.17) is 11.6 Å². The van der Waals surface area contributed by atoms with Gasteiger partial charge in [0.2, 0.25) is 0 Å². The summed E-state index contributed by atoms with van der Waals surface area (Å²) in [4.78, 5) is 25.9. The number of carbonyl (C=O) groups excluding carboxylic acids is 2. The second kappa shape index (κ2) is 6.37. The predicted octanol–water partition coefficient (Wildman–Crippen LogP) is 4.73. The van der Waals surface area contributed by atoms with Crippen molar-refractivity contribution in [1.82, 2.24) is 5.32 Å². The Labute approximate surface area is 152 Å². The molecule has 5 heteroatoms. The first kappa shape index (κ1) is 17.2. The monoisotopic (exact) mass is 354 g/mol. The van der Waals surface area contributed by atoms with Gasteiger partial charge in [0.05, 0.1) is 5.69 Å². The van der Waals surface area contributed by atoms with Gasteiger partial charge >= 0.3 is 6.03 Å². The van der Waals surface area contributed by atoms with E-state index < -0.39 is 11.9 Å². The molecule has 0 spiro atoms. The zero-order chi connectivity index (χ0) is 18.2. The van der Waals surface area contributed by atoms with Gasteiger partial charge in [-0.05, 0) is 40.8 Å². The number of benzene rings is 2. The van der Waals surface area contributed by atoms with Gasteiger partial charge in [-0.2, -0.15) is 0 Å². The van der Waals surface area contributed by atoms with E-state index >= 15 is 0 Å². The Kier molecular flexibility index (Phi) is 4.39. The number of nitrogens with one attached hydrogen (secondary N) is 1. The maximum atomic E-state index is 12.6. The van der Waals surface area contributed by atoms with E-state index in [0.29, 0.717) is 10.7 Å². The Hall–Kier alpha value is -2.59. The van der Waals surface area contributed by atoms with Crippen molar-refractivity contribution in [2.75, 3.05) is 4.90 Å². The average Bonchev–Trinajstić information content (AvgIpc) is 2.81. The van der Waals surface area contributed by atoms with Gasteiger partial charge in [0, 0.05) is 5.02 Å². The largest absolute Gasteiger partial charge is 0.333 e. The maximum absolute atomic E-state index is 12.6. The van der Waals surface area contributed by atoms with Crippen molar-refractivity contribution in [3.63, 3.8) is 0 Å². The summed E-state index contributed by atoms with van der Waals surface area (Å²) in [5.41, 5.74) is 2.81. The van der Waals surface area contributed by atoms with Crippen LogP contribution in [0.4, 0.5) is 10.5 Å². The number of amides is 3. The molecule has 0 radical (unpaired) electrons. The minimum atomic E-state index is -0.482. The van der Waals surface area contributed by atoms with Crippen molar-refractivity contribution in [2.24, 2.45) is 0 Å². The number of carbonyl (C=O) groups is 2. The van der Waals surface area contributed by atoms with E-state index in [-0.39, 0.29) is 11.1 Å². The highest BCUT2D eigenvalue weighted by Gasteiger charge is 2.34. The van der Waals surface area contributed by atoms with Crippen LogP contribution in [0.5, 0.6) is 0 Å². The highest BCUT2D eigenvalue weighted by Crippen LogP contribution is 2.26. The van der Waals surface area contributed by atoms with Crippen molar-refractivity contribution >= 4 is 35.3 Å². The summed E-state index contributed by atoms with van der Waals surface area (Å²) in [6.45, 7) is 6.43. The summed E-state index contributed by atoms with van der Waals surface area (Å²) in [7, 11) is 0. The van der Waals surface area contributed by atoms with Crippen LogP contribution < -0.4 is 10.2 Å². The number of hydrogen-bond donors (Lipinski definition) is 1. The van der Waals surface area contributed by atoms with Gasteiger partial charge < -0.3 is 5.32 Å². The first-order valence-electron chi connectivity index (χ1n) is 7.99. The Morgan fingerprint density at radius 3 is 2.32 bits per heavy atom. The summed E-state index contributed by atoms with van der Waals surface area (Å²) in [5.74, 6) is -0.396. The summed E-state index contributed by atoms with van der Waals surface area (Å²) in [6.07, 6.45) is 1.68. The lowest BCUT2D eigenvalue weighted by atomic mass is 9.87. The molecular weight excluding hydrogens is 336 g/mol. The molecule has 25 heavy (non-hydrogen) atoms. The van der Waals surface area contributed by atoms with Gasteiger partial charge in [0.25, 0.3) is 5.91 Å². The lowest BCUT2D eigenvalue weighted by molar-refractivity contribution is -0.113. The molecule has 3 amide bonds. The normalized spacial score (nSPS) is 16.5. The van der Waals surface area contributed by atoms with Crippen molar-refractivity contribution in [3.05, 3.63) is 70.4 Å². The average molecular weight is 355 g/mol. The van der Waals surface area contributed by atoms with E-state index in [1.807, 2.05) is 24.3 Å². The Balaban J connectivity index is 1.88. The van der Waals surface area contributed by atoms with Gasteiger partial charge in [-0.1, -0.05) is 62.7 Å². The van der Waals surface area contributed by atoms with Crippen LogP contribution in [0, 0.1) is 0 Å². The lowest BCUT2D eigenvalue weighted by Gasteiger charge is -2.18. The first-order valence-corrected chi connectivity index (χ1v) is 8.37. The van der Waals surface area contributed by atoms with E-state index in [1.165, 1.54) is 5.56 Å². The van der Waals surface area contributed by atoms with Crippen LogP contribution in [0.25, 0.3) is 6.08 Å². The molecular formula is C20H19ClN2O2. The predicted molar refractivity (Wildman–Crippen MR) is 101 cm³/mol. The molecule has 1 aliphatic heterocycles. The first-order chi connectivity index (χ1) is 11.8. The number of hydrogen-bond acceptors (Lipinski definition) is 2. The number of rotatable bonds is 2. The minimum absolute atomic E-state index is 0.0619. The molecule has 0 aromatic heterocycles. The Morgan fingerprint density at radius 2 is 1.72 bits per heavy atom. The fraction of sp³-hybridized carbons (Fsp3) is 0.200. The third-order valence-electron chi connectivity index (χ3n) is 4.03. The molecule has 1 fully saturated rings. The molecule has 128 valence electrons. The molecule has 2 aromatic carbocycles. The fourth-order valence-electron chi connectivity index (χ4n) is 2.63. The number of anilines is 1. The number of imide groups is 1. The van der Waals surface area contributed by atoms with E-state index in [1.54, 1.807) is 30.3 Å². The quantitative estimate of drug-likeness (QED) is 0.625. The third kappa shape index (κ3) is 3.59. The van der Waals surface area contributed by atoms with Gasteiger partial charge in [0.1, 0.15) is 5.70 Å². The molecule has 1 aliphatic rings. The highest BCUT2D eigenvalue weighted by atomic mass is 35.5. The number of urea groups is 1. The van der Waals surface area contributed by atoms with Crippen molar-refractivity contribution in [2.45, 2.75) is 26.2 Å². The van der Waals surface area contributed by atoms with Crippen LogP contribution in [-0.4, -0.2) is 11.9 Å². The van der Waals surface area contributed by atoms with Crippen molar-refractivity contribution < 1.29 is 9.59 Å². The second-order valence-electron chi connectivity index (χ2n) is 6.98. The molecule has 0 atom stereocenters. The molecule has 4 nitrogen and oxygen atoms in total. The van der Waals surface area contributed by atoms with Gasteiger partial charge in [-0.3, -0.25) is 4.79 Å². The molecule has 3 rings (SSSR count). The van der Waals surface area contributed by atoms with Gasteiger partial charge in [-0.25, -0.2) is 9.69 Å². The lowest BCUT2D eigenvalue weighted by Crippen LogP contribution is -2.30. The summed E-state index contributed by atoms with van der Waals surface area (Å²) >= 11 is 5.95. The van der Waals surface area contributed by atoms with Crippen molar-refractivity contribution in [3.8, 4) is 0 Å². The Morgan fingerprint density at radius 1 is 1.04 bits per heavy atom. The van der Waals surface area contributed by atoms with Gasteiger partial charge in [0.15, 0.2) is 0 Å². The SMILES string of the molecule is CC(C)(C)c1ccc(/C=C2/NC(=O)N(c3cccc(Cl)c3)C2=O)cc1. The van der Waals surface area contributed by atoms with E-state index in [9.17, 15) is 9.59 Å². The number of nitrogens with zero attached hydrogens (tertiary/aromatic N) is 1. The van der Waals surface area contributed by atoms with Crippen LogP contribution in [0.2, 0.25) is 5.02 Å². The smallest absolute Gasteiger partial charge is 0.302 e. The molecule has 1 N–H and O–H groups in total. The van der Waals surface area contributed by atoms with Crippen LogP contribution >= 0.6 is 11.6 Å². The maximum Gasteiger partial charge on any atom is 0.333 e. The molecule has 0 unspecified atom stereocenters. The number of halogens is 1. The zero-order valence-corrected chi connectivity index (χ0v) is 15.1. The van der Waals surface area contributed by atoms with Gasteiger partial charge in [-0.15, -0.1) is 0 Å². The van der Waals surface area contributed by atoms with Crippen LogP contribution in [0.15, 0.2) is 54.2 Å². The summed E-state index contributed by atoms with van der Waals surface area (Å²) in [6, 6.07) is 14.1. The Bertz CT molecular complexity index is 864. The molecule has 1 saturated heterocycles. The molecule has 0 bridgehead atoms. The topological polar surface area (TPSA) is 49.4 Å². The fourth-order valence-corrected chi connectivity index (χ4v) is 2.82. The van der Waals surface area contributed by atoms with Crippen LogP contribution in [0.1, 0.15) is 31.9 Å². The second-order valence-corrected chi connectivity index (χ2v) is 7.42. The summed E-state index contributed by atoms with van der Waals surface area (Å²) < 4.78 is 0. The van der Waals surface area contributed by atoms with E-state index in [2.05, 4.69) is 26.1 Å². The summed E-state index contributed by atoms with van der Waals surface area (Å²) in [5, 5.41) is 3.09. The van der Waals surface area contributed by atoms with Crippen LogP contribution in [0.3, 0.4) is 0 Å². The molecule has 1 heterocycles. The van der Waals surface area contributed by atoms with Crippen LogP contribution in [-0.2, 0) is 10.2 Å². The highest BCUT2D eigenvalue weighted by molar-refractivity contribution is 6.32. The standard InChI is InChI=1S/C20H19ClN2O2/c1-20(2,3)14-9-7-13(8-10-14)11-17-18(24)23(19(25)22-17)16-6-4-5-15(21)12-16/h4-12H,1-3H3,(H,22,25)/b17-11+. The van der Waals surface area contributed by atoms with Crippen molar-refractivity contribution in [1.29, 1.82) is 0 Å². The third-order valence-corrected chi connectivity index (χ3v) is 4.27. The minimum Gasteiger partial charge on any atom is -0.302 e. The molecule has 0 saturated carbocycles. The zero-order valence-electron chi connectivity index (χ0n) is 14.3. The van der Waals surface area contributed by atoms with E-state index in [0.717, 1.165) is 10.5 Å². The molecule has 0 aliphatic carbocycles. The molecule has 2 aromatic rings.